The Morgan fingerprint density at radius 2 is 2.17 bits per heavy atom. The molecule has 0 bridgehead atoms. The summed E-state index contributed by atoms with van der Waals surface area (Å²) in [6.45, 7) is 5.74. The zero-order valence-electron chi connectivity index (χ0n) is 11.4. The molecule has 0 unspecified atom stereocenters. The van der Waals surface area contributed by atoms with Crippen LogP contribution in [0.1, 0.15) is 25.3 Å². The van der Waals surface area contributed by atoms with Gasteiger partial charge in [0.05, 0.1) is 0 Å². The van der Waals surface area contributed by atoms with E-state index in [1.807, 2.05) is 6.20 Å². The molecule has 0 atom stereocenters. The van der Waals surface area contributed by atoms with E-state index in [0.29, 0.717) is 6.04 Å². The second kappa shape index (κ2) is 6.71. The fraction of sp³-hybridized carbons (Fsp3) is 0.643. The SMILES string of the molecule is CCNc1ccc(CN(C)C2CCOCC2)cn1. The smallest absolute Gasteiger partial charge is 0.125 e. The zero-order chi connectivity index (χ0) is 12.8. The molecule has 1 N–H and O–H groups in total. The summed E-state index contributed by atoms with van der Waals surface area (Å²) >= 11 is 0. The monoisotopic (exact) mass is 249 g/mol. The Kier molecular flexibility index (Phi) is 4.96. The van der Waals surface area contributed by atoms with Gasteiger partial charge in [0.1, 0.15) is 5.82 Å². The Morgan fingerprint density at radius 3 is 2.78 bits per heavy atom. The molecular formula is C14H23N3O. The molecule has 1 aliphatic heterocycles. The highest BCUT2D eigenvalue weighted by molar-refractivity contribution is 5.35. The number of ether oxygens (including phenoxy) is 1. The average molecular weight is 249 g/mol. The first-order valence-corrected chi connectivity index (χ1v) is 6.76. The molecule has 2 heterocycles. The van der Waals surface area contributed by atoms with E-state index in [1.54, 1.807) is 0 Å². The van der Waals surface area contributed by atoms with Crippen molar-refractivity contribution in [3.8, 4) is 0 Å². The molecule has 0 aliphatic carbocycles. The van der Waals surface area contributed by atoms with Crippen LogP contribution in [0.3, 0.4) is 0 Å². The van der Waals surface area contributed by atoms with Crippen molar-refractivity contribution in [2.75, 3.05) is 32.1 Å². The molecule has 100 valence electrons. The molecule has 1 saturated heterocycles. The van der Waals surface area contributed by atoms with Crippen molar-refractivity contribution in [3.63, 3.8) is 0 Å². The zero-order valence-corrected chi connectivity index (χ0v) is 11.4. The van der Waals surface area contributed by atoms with Gasteiger partial charge in [-0.3, -0.25) is 4.90 Å². The van der Waals surface area contributed by atoms with Crippen molar-refractivity contribution in [1.82, 2.24) is 9.88 Å². The maximum atomic E-state index is 5.40. The number of nitrogens with zero attached hydrogens (tertiary/aromatic N) is 2. The van der Waals surface area contributed by atoms with Gasteiger partial charge in [-0.2, -0.15) is 0 Å². The summed E-state index contributed by atoms with van der Waals surface area (Å²) in [7, 11) is 2.19. The van der Waals surface area contributed by atoms with Gasteiger partial charge in [-0.25, -0.2) is 4.98 Å². The van der Waals surface area contributed by atoms with Crippen LogP contribution < -0.4 is 5.32 Å². The van der Waals surface area contributed by atoms with E-state index in [0.717, 1.165) is 45.0 Å². The summed E-state index contributed by atoms with van der Waals surface area (Å²) in [4.78, 5) is 6.81. The highest BCUT2D eigenvalue weighted by Gasteiger charge is 2.18. The van der Waals surface area contributed by atoms with Crippen LogP contribution in [0.4, 0.5) is 5.82 Å². The van der Waals surface area contributed by atoms with Gasteiger partial charge in [-0.05, 0) is 38.4 Å². The minimum Gasteiger partial charge on any atom is -0.381 e. The molecule has 1 aromatic heterocycles. The Bertz CT molecular complexity index is 347. The fourth-order valence-corrected chi connectivity index (χ4v) is 2.35. The average Bonchev–Trinajstić information content (AvgIpc) is 2.42. The van der Waals surface area contributed by atoms with Crippen LogP contribution in [-0.2, 0) is 11.3 Å². The van der Waals surface area contributed by atoms with Gasteiger partial charge in [0, 0.05) is 38.5 Å². The van der Waals surface area contributed by atoms with E-state index >= 15 is 0 Å². The number of pyridine rings is 1. The molecule has 0 radical (unpaired) electrons. The third-order valence-electron chi connectivity index (χ3n) is 3.43. The summed E-state index contributed by atoms with van der Waals surface area (Å²) in [6, 6.07) is 4.85. The van der Waals surface area contributed by atoms with E-state index in [4.69, 9.17) is 4.74 Å². The minimum absolute atomic E-state index is 0.646. The predicted octanol–water partition coefficient (Wildman–Crippen LogP) is 2.12. The summed E-state index contributed by atoms with van der Waals surface area (Å²) < 4.78 is 5.40. The normalized spacial score (nSPS) is 17.1. The van der Waals surface area contributed by atoms with E-state index in [1.165, 1.54) is 5.56 Å². The lowest BCUT2D eigenvalue weighted by atomic mass is 10.1. The van der Waals surface area contributed by atoms with Crippen LogP contribution >= 0.6 is 0 Å². The van der Waals surface area contributed by atoms with Crippen molar-refractivity contribution in [3.05, 3.63) is 23.9 Å². The summed E-state index contributed by atoms with van der Waals surface area (Å²) in [5.74, 6) is 0.954. The lowest BCUT2D eigenvalue weighted by Crippen LogP contribution is -2.36. The molecule has 4 nitrogen and oxygen atoms in total. The van der Waals surface area contributed by atoms with E-state index in [-0.39, 0.29) is 0 Å². The predicted molar refractivity (Wildman–Crippen MR) is 73.7 cm³/mol. The van der Waals surface area contributed by atoms with Crippen molar-refractivity contribution in [2.45, 2.75) is 32.4 Å². The molecular weight excluding hydrogens is 226 g/mol. The Hall–Kier alpha value is -1.13. The maximum absolute atomic E-state index is 5.40. The Balaban J connectivity index is 1.87. The first-order chi connectivity index (χ1) is 8.79. The van der Waals surface area contributed by atoms with Gasteiger partial charge < -0.3 is 10.1 Å². The number of hydrogen-bond donors (Lipinski definition) is 1. The van der Waals surface area contributed by atoms with Crippen molar-refractivity contribution in [1.29, 1.82) is 0 Å². The van der Waals surface area contributed by atoms with Gasteiger partial charge in [-0.1, -0.05) is 6.07 Å². The fourth-order valence-electron chi connectivity index (χ4n) is 2.35. The minimum atomic E-state index is 0.646. The van der Waals surface area contributed by atoms with Crippen LogP contribution in [0.15, 0.2) is 18.3 Å². The summed E-state index contributed by atoms with van der Waals surface area (Å²) in [6.07, 6.45) is 4.24. The number of aromatic nitrogens is 1. The highest BCUT2D eigenvalue weighted by Crippen LogP contribution is 2.15. The van der Waals surface area contributed by atoms with Gasteiger partial charge in [-0.15, -0.1) is 0 Å². The molecule has 2 rings (SSSR count). The molecule has 1 aromatic rings. The standard InChI is InChI=1S/C14H23N3O/c1-3-15-14-5-4-12(10-16-14)11-17(2)13-6-8-18-9-7-13/h4-5,10,13H,3,6-9,11H2,1-2H3,(H,15,16). The molecule has 1 aliphatic rings. The molecule has 4 heteroatoms. The van der Waals surface area contributed by atoms with Crippen LogP contribution in [0.2, 0.25) is 0 Å². The van der Waals surface area contributed by atoms with Gasteiger partial charge in [0.15, 0.2) is 0 Å². The Labute approximate surface area is 109 Å². The van der Waals surface area contributed by atoms with Crippen molar-refractivity contribution < 1.29 is 4.74 Å². The molecule has 18 heavy (non-hydrogen) atoms. The van der Waals surface area contributed by atoms with Crippen LogP contribution in [0.5, 0.6) is 0 Å². The second-order valence-corrected chi connectivity index (χ2v) is 4.84. The van der Waals surface area contributed by atoms with Crippen LogP contribution in [-0.4, -0.2) is 42.7 Å². The highest BCUT2D eigenvalue weighted by atomic mass is 16.5. The number of nitrogens with one attached hydrogen (secondary N) is 1. The first-order valence-electron chi connectivity index (χ1n) is 6.76. The van der Waals surface area contributed by atoms with Gasteiger partial charge in [0.2, 0.25) is 0 Å². The van der Waals surface area contributed by atoms with Crippen LogP contribution in [0, 0.1) is 0 Å². The van der Waals surface area contributed by atoms with E-state index in [9.17, 15) is 0 Å². The van der Waals surface area contributed by atoms with Gasteiger partial charge in [0.25, 0.3) is 0 Å². The largest absolute Gasteiger partial charge is 0.381 e. The lowest BCUT2D eigenvalue weighted by Gasteiger charge is -2.31. The molecule has 0 amide bonds. The Morgan fingerprint density at radius 1 is 1.39 bits per heavy atom. The number of hydrogen-bond acceptors (Lipinski definition) is 4. The topological polar surface area (TPSA) is 37.4 Å². The number of anilines is 1. The van der Waals surface area contributed by atoms with Crippen LogP contribution in [0.25, 0.3) is 0 Å². The first kappa shape index (κ1) is 13.3. The van der Waals surface area contributed by atoms with Crippen molar-refractivity contribution in [2.24, 2.45) is 0 Å². The molecule has 1 fully saturated rings. The maximum Gasteiger partial charge on any atom is 0.125 e. The van der Waals surface area contributed by atoms with Gasteiger partial charge >= 0.3 is 0 Å². The molecule has 0 spiro atoms. The second-order valence-electron chi connectivity index (χ2n) is 4.84. The molecule has 0 saturated carbocycles. The summed E-state index contributed by atoms with van der Waals surface area (Å²) in [5.41, 5.74) is 1.27. The number of rotatable bonds is 5. The van der Waals surface area contributed by atoms with E-state index in [2.05, 4.69) is 41.3 Å². The summed E-state index contributed by atoms with van der Waals surface area (Å²) in [5, 5.41) is 3.21. The third-order valence-corrected chi connectivity index (χ3v) is 3.43. The lowest BCUT2D eigenvalue weighted by molar-refractivity contribution is 0.0406. The third kappa shape index (κ3) is 3.68. The van der Waals surface area contributed by atoms with Crippen molar-refractivity contribution >= 4 is 5.82 Å². The van der Waals surface area contributed by atoms with E-state index < -0.39 is 0 Å². The quantitative estimate of drug-likeness (QED) is 0.867. The molecule has 0 aromatic carbocycles.